The van der Waals surface area contributed by atoms with E-state index in [1.165, 1.54) is 149 Å². The highest BCUT2D eigenvalue weighted by atomic mass is 16.5. The molecule has 0 N–H and O–H groups in total. The molecule has 10 aliphatic rings. The third kappa shape index (κ3) is 15.9. The summed E-state index contributed by atoms with van der Waals surface area (Å²) in [6.45, 7) is 15.3. The summed E-state index contributed by atoms with van der Waals surface area (Å²) in [5, 5.41) is 0. The lowest BCUT2D eigenvalue weighted by molar-refractivity contribution is 0.463. The van der Waals surface area contributed by atoms with Gasteiger partial charge < -0.3 is 47.4 Å². The van der Waals surface area contributed by atoms with Crippen LogP contribution in [-0.4, -0.2) is 33.6 Å². The number of fused-ring (bicyclic) bond motifs is 20. The molecular formula is C133H93B5O10. The third-order valence-corrected chi connectivity index (χ3v) is 30.2. The van der Waals surface area contributed by atoms with Crippen LogP contribution in [0.25, 0.3) is 66.8 Å². The minimum Gasteiger partial charge on any atom is -0.458 e. The van der Waals surface area contributed by atoms with Crippen molar-refractivity contribution in [3.8, 4) is 182 Å². The van der Waals surface area contributed by atoms with E-state index in [9.17, 15) is 0 Å². The molecule has 10 aliphatic heterocycles. The van der Waals surface area contributed by atoms with Crippen molar-refractivity contribution in [1.82, 2.24) is 0 Å². The van der Waals surface area contributed by atoms with E-state index in [1.807, 2.05) is 121 Å². The van der Waals surface area contributed by atoms with E-state index in [2.05, 4.69) is 364 Å². The molecule has 10 heterocycles. The van der Waals surface area contributed by atoms with E-state index in [4.69, 9.17) is 47.4 Å². The van der Waals surface area contributed by atoms with Gasteiger partial charge in [-0.15, -0.1) is 0 Å². The third-order valence-electron chi connectivity index (χ3n) is 30.2. The highest BCUT2D eigenvalue weighted by Gasteiger charge is 2.47. The lowest BCUT2D eigenvalue weighted by Crippen LogP contribution is -2.57. The molecule has 0 amide bonds. The molecule has 0 aromatic heterocycles. The predicted molar refractivity (Wildman–Crippen MR) is 606 cm³/mol. The summed E-state index contributed by atoms with van der Waals surface area (Å²) in [4.78, 5) is 0. The number of rotatable bonds is 6. The maximum absolute atomic E-state index is 6.45. The Kier molecular flexibility index (Phi) is 21.8. The number of benzene rings is 21. The zero-order chi connectivity index (χ0) is 99.0. The summed E-state index contributed by atoms with van der Waals surface area (Å²) >= 11 is 0. The minimum absolute atomic E-state index is 0.0458. The van der Waals surface area contributed by atoms with E-state index in [1.54, 1.807) is 0 Å². The topological polar surface area (TPSA) is 92.3 Å². The zero-order valence-electron chi connectivity index (χ0n) is 82.5. The highest BCUT2D eigenvalue weighted by molar-refractivity contribution is 7.01. The molecule has 10 nitrogen and oxygen atoms in total. The van der Waals surface area contributed by atoms with Crippen LogP contribution in [0.3, 0.4) is 0 Å². The average Bonchev–Trinajstić information content (AvgIpc) is 0.765. The molecule has 0 spiro atoms. The fourth-order valence-electron chi connectivity index (χ4n) is 22.7. The maximum atomic E-state index is 6.45. The molecule has 0 unspecified atom stereocenters. The van der Waals surface area contributed by atoms with Gasteiger partial charge in [-0.25, -0.2) is 0 Å². The second-order valence-electron chi connectivity index (χ2n) is 39.9. The molecular weight excluding hydrogens is 1810 g/mol. The van der Waals surface area contributed by atoms with Gasteiger partial charge in [-0.1, -0.05) is 343 Å². The molecule has 21 aromatic carbocycles. The van der Waals surface area contributed by atoms with Gasteiger partial charge in [0.25, 0.3) is 33.6 Å². The van der Waals surface area contributed by atoms with Gasteiger partial charge in [0.15, 0.2) is 0 Å². The van der Waals surface area contributed by atoms with Crippen LogP contribution in [0, 0.1) is 48.5 Å². The van der Waals surface area contributed by atoms with Crippen LogP contribution in [0.1, 0.15) is 38.9 Å². The van der Waals surface area contributed by atoms with Crippen molar-refractivity contribution in [3.63, 3.8) is 0 Å². The molecule has 21 aromatic rings. The Hall–Kier alpha value is -18.1. The zero-order valence-corrected chi connectivity index (χ0v) is 82.5. The Morgan fingerprint density at radius 1 is 0.108 bits per heavy atom. The Morgan fingerprint density at radius 2 is 0.277 bits per heavy atom. The molecule has 0 radical (unpaired) electrons. The van der Waals surface area contributed by atoms with Crippen molar-refractivity contribution in [2.75, 3.05) is 0 Å². The molecule has 31 rings (SSSR count). The fourth-order valence-corrected chi connectivity index (χ4v) is 22.7. The normalized spacial score (nSPS) is 12.9. The summed E-state index contributed by atoms with van der Waals surface area (Å²) in [6.07, 6.45) is 0. The van der Waals surface area contributed by atoms with Crippen LogP contribution in [0.5, 0.6) is 115 Å². The number of aryl methyl sites for hydroxylation is 7. The Labute approximate surface area is 862 Å². The lowest BCUT2D eigenvalue weighted by atomic mass is 9.34. The van der Waals surface area contributed by atoms with Crippen LogP contribution in [0.2, 0.25) is 0 Å². The van der Waals surface area contributed by atoms with Crippen LogP contribution < -0.4 is 129 Å². The monoisotopic (exact) mass is 1900 g/mol. The molecule has 0 atom stereocenters. The molecule has 148 heavy (non-hydrogen) atoms. The van der Waals surface area contributed by atoms with E-state index in [-0.39, 0.29) is 33.6 Å². The summed E-state index contributed by atoms with van der Waals surface area (Å²) in [6, 6.07) is 153. The first-order chi connectivity index (χ1) is 72.6. The summed E-state index contributed by atoms with van der Waals surface area (Å²) in [5.41, 5.74) is 40.4. The van der Waals surface area contributed by atoms with Crippen molar-refractivity contribution in [2.45, 2.75) is 48.5 Å². The van der Waals surface area contributed by atoms with Gasteiger partial charge in [0.1, 0.15) is 115 Å². The van der Waals surface area contributed by atoms with Gasteiger partial charge in [-0.05, 0) is 302 Å². The summed E-state index contributed by atoms with van der Waals surface area (Å²) in [5.74, 6) is 18.0. The molecule has 700 valence electrons. The summed E-state index contributed by atoms with van der Waals surface area (Å²) in [7, 11) is 0. The number of hydrogen-bond acceptors (Lipinski definition) is 10. The maximum Gasteiger partial charge on any atom is 0.260 e. The first-order valence-corrected chi connectivity index (χ1v) is 50.7. The molecule has 0 saturated carbocycles. The SMILES string of the molecule is Cc1ccc(-c2ccc3c(c2)B2c4cc(-c5ccc(C)cc5)ccc4Oc4cccc(c42)O3)cc1.Cc1ccc(-c2ccc3c(c2)Oc2cccc4c2B3c2ccc(-c3ccc(C)cc3)cc2O4)cc1.Cc1ccc(-c2ccc3c(c2)Oc2cccc4c2B3c2ccccc2O4)cc1.Cc1ccc2c(c1)Oc1cccc3c1B2c1ccc(C)cc1O3.c1ccc(-c2ccc3c(c2)B2c4ccccc4Oc4cccc(c42)O3)cc1. The van der Waals surface area contributed by atoms with Crippen molar-refractivity contribution < 1.29 is 47.4 Å². The number of ether oxygens (including phenoxy) is 10. The Balaban J connectivity index is 0.0000000920. The van der Waals surface area contributed by atoms with Gasteiger partial charge in [0.2, 0.25) is 0 Å². The molecule has 0 aliphatic carbocycles. The standard InChI is InChI=1S/2C32H23BO2.C25H17BO2.C24H15BO2.C20H15BO2/c1-20-6-10-22(11-7-20)24-14-16-28-26(18-24)33-27-19-25(23-12-8-21(2)9-13-23)15-17-29(27)35-31-5-3-4-30(34-28)32(31)33;1-20-6-10-22(11-7-20)24-14-16-26-30(18-24)34-28-4-3-5-29-32(28)33(26)27-17-15-25(19-31(27)35-29)23-12-8-21(2)9-13-23;1-16-9-11-17(12-10-16)18-13-14-20-24(15-18)28-23-8-4-7-22-25(23)26(20)19-5-2-3-6-21(19)27-22;1-2-7-16(8-3-1)17-13-14-21-19(15-17)25-18-9-4-5-10-20(18)26-22-11-6-12-23(27-21)24(22)25;1-12-6-8-14-18(10-12)22-16-4-3-5-17-20(16)21(14)15-9-7-13(2)11-19(15)23-17/h2*3-19H,1-2H3;2-15H,1H3;1-15H;3-11H,1-2H3. The van der Waals surface area contributed by atoms with Crippen molar-refractivity contribution in [2.24, 2.45) is 0 Å². The van der Waals surface area contributed by atoms with Gasteiger partial charge in [0, 0.05) is 27.3 Å². The Bertz CT molecular complexity index is 8640. The molecule has 15 heteroatoms. The van der Waals surface area contributed by atoms with Gasteiger partial charge >= 0.3 is 0 Å². The lowest BCUT2D eigenvalue weighted by Gasteiger charge is -2.33. The molecule has 0 bridgehead atoms. The first-order valence-electron chi connectivity index (χ1n) is 50.7. The highest BCUT2D eigenvalue weighted by Crippen LogP contribution is 2.45. The van der Waals surface area contributed by atoms with Crippen LogP contribution >= 0.6 is 0 Å². The second-order valence-corrected chi connectivity index (χ2v) is 39.9. The number of para-hydroxylation sites is 2. The van der Waals surface area contributed by atoms with E-state index >= 15 is 0 Å². The minimum atomic E-state index is 0.0458. The van der Waals surface area contributed by atoms with Crippen LogP contribution in [-0.2, 0) is 0 Å². The fraction of sp³-hybridized carbons (Fsp3) is 0.0526. The van der Waals surface area contributed by atoms with Gasteiger partial charge in [0.05, 0.1) is 0 Å². The predicted octanol–water partition coefficient (Wildman–Crippen LogP) is 24.2. The average molecular weight is 1910 g/mol. The quantitative estimate of drug-likeness (QED) is 0.150. The molecule has 0 fully saturated rings. The second kappa shape index (κ2) is 36.4. The molecule has 0 saturated heterocycles. The van der Waals surface area contributed by atoms with Crippen molar-refractivity contribution >= 4 is 116 Å². The van der Waals surface area contributed by atoms with Crippen LogP contribution in [0.4, 0.5) is 0 Å². The largest absolute Gasteiger partial charge is 0.458 e. The van der Waals surface area contributed by atoms with Gasteiger partial charge in [-0.3, -0.25) is 0 Å². The Morgan fingerprint density at radius 3 is 0.547 bits per heavy atom. The smallest absolute Gasteiger partial charge is 0.260 e. The van der Waals surface area contributed by atoms with E-state index < -0.39 is 0 Å². The van der Waals surface area contributed by atoms with E-state index in [0.717, 1.165) is 153 Å². The van der Waals surface area contributed by atoms with Gasteiger partial charge in [-0.2, -0.15) is 0 Å². The first kappa shape index (κ1) is 88.8. The number of hydrogen-bond donors (Lipinski definition) is 0. The van der Waals surface area contributed by atoms with Crippen LogP contribution in [0.15, 0.2) is 437 Å². The van der Waals surface area contributed by atoms with Crippen molar-refractivity contribution in [1.29, 1.82) is 0 Å². The van der Waals surface area contributed by atoms with Crippen molar-refractivity contribution in [3.05, 3.63) is 476 Å². The van der Waals surface area contributed by atoms with E-state index in [0.29, 0.717) is 0 Å². The summed E-state index contributed by atoms with van der Waals surface area (Å²) < 4.78 is 63.0.